The van der Waals surface area contributed by atoms with E-state index in [2.05, 4.69) is 10.1 Å². The van der Waals surface area contributed by atoms with Crippen LogP contribution in [-0.4, -0.2) is 21.4 Å². The van der Waals surface area contributed by atoms with Crippen LogP contribution >= 0.6 is 0 Å². The molecule has 1 aromatic heterocycles. The minimum atomic E-state index is -0.182. The zero-order valence-corrected chi connectivity index (χ0v) is 8.58. The second kappa shape index (κ2) is 4.70. The second-order valence-corrected chi connectivity index (χ2v) is 3.09. The van der Waals surface area contributed by atoms with Gasteiger partial charge >= 0.3 is 0 Å². The summed E-state index contributed by atoms with van der Waals surface area (Å²) >= 11 is 0. The van der Waals surface area contributed by atoms with E-state index in [1.54, 1.807) is 11.0 Å². The van der Waals surface area contributed by atoms with Crippen LogP contribution in [0, 0.1) is 0 Å². The van der Waals surface area contributed by atoms with Gasteiger partial charge in [0.1, 0.15) is 12.7 Å². The molecule has 4 nitrogen and oxygen atoms in total. The van der Waals surface area contributed by atoms with Crippen molar-refractivity contribution in [3.63, 3.8) is 0 Å². The fourth-order valence-corrected chi connectivity index (χ4v) is 1.44. The SMILES string of the molecule is CCOC(c1ccccc1)n1cncn1. The molecule has 0 spiro atoms. The van der Waals surface area contributed by atoms with Crippen LogP contribution in [0.25, 0.3) is 0 Å². The summed E-state index contributed by atoms with van der Waals surface area (Å²) in [5.74, 6) is 0. The molecule has 0 aliphatic carbocycles. The number of rotatable bonds is 4. The van der Waals surface area contributed by atoms with Crippen molar-refractivity contribution in [3.05, 3.63) is 48.5 Å². The quantitative estimate of drug-likeness (QED) is 0.761. The fraction of sp³-hybridized carbons (Fsp3) is 0.273. The first-order chi connectivity index (χ1) is 7.42. The fourth-order valence-electron chi connectivity index (χ4n) is 1.44. The largest absolute Gasteiger partial charge is 0.352 e. The lowest BCUT2D eigenvalue weighted by Crippen LogP contribution is -2.14. The van der Waals surface area contributed by atoms with E-state index < -0.39 is 0 Å². The van der Waals surface area contributed by atoms with Gasteiger partial charge in [0.2, 0.25) is 0 Å². The first-order valence-electron chi connectivity index (χ1n) is 4.92. The number of hydrogen-bond acceptors (Lipinski definition) is 3. The number of nitrogens with zero attached hydrogens (tertiary/aromatic N) is 3. The summed E-state index contributed by atoms with van der Waals surface area (Å²) in [6.07, 6.45) is 2.99. The average Bonchev–Trinajstić information content (AvgIpc) is 2.80. The summed E-state index contributed by atoms with van der Waals surface area (Å²) in [4.78, 5) is 3.92. The third kappa shape index (κ3) is 2.22. The first kappa shape index (κ1) is 9.86. The number of aromatic nitrogens is 3. The summed E-state index contributed by atoms with van der Waals surface area (Å²) in [6.45, 7) is 2.60. The molecule has 0 saturated carbocycles. The molecule has 78 valence electrons. The lowest BCUT2D eigenvalue weighted by molar-refractivity contribution is 0.0320. The molecule has 0 aliphatic rings. The molecule has 0 bridgehead atoms. The number of hydrogen-bond donors (Lipinski definition) is 0. The Balaban J connectivity index is 2.28. The van der Waals surface area contributed by atoms with Gasteiger partial charge in [0, 0.05) is 12.2 Å². The Morgan fingerprint density at radius 1 is 1.33 bits per heavy atom. The van der Waals surface area contributed by atoms with Gasteiger partial charge in [-0.2, -0.15) is 5.10 Å². The Labute approximate surface area is 88.5 Å². The molecular weight excluding hydrogens is 190 g/mol. The third-order valence-corrected chi connectivity index (χ3v) is 2.09. The highest BCUT2D eigenvalue weighted by Crippen LogP contribution is 2.17. The molecule has 0 amide bonds. The van der Waals surface area contributed by atoms with Crippen molar-refractivity contribution in [1.29, 1.82) is 0 Å². The van der Waals surface area contributed by atoms with Gasteiger partial charge in [-0.3, -0.25) is 0 Å². The number of ether oxygens (including phenoxy) is 1. The summed E-state index contributed by atoms with van der Waals surface area (Å²) in [5.41, 5.74) is 1.07. The minimum absolute atomic E-state index is 0.182. The van der Waals surface area contributed by atoms with E-state index in [1.807, 2.05) is 37.3 Å². The molecule has 1 heterocycles. The standard InChI is InChI=1S/C11H13N3O/c1-2-15-11(14-9-12-8-13-14)10-6-4-3-5-7-10/h3-9,11H,2H2,1H3. The molecular formula is C11H13N3O. The Bertz CT molecular complexity index is 385. The molecule has 1 aromatic carbocycles. The molecule has 0 fully saturated rings. The monoisotopic (exact) mass is 203 g/mol. The van der Waals surface area contributed by atoms with E-state index in [1.165, 1.54) is 6.33 Å². The van der Waals surface area contributed by atoms with Crippen LogP contribution in [0.5, 0.6) is 0 Å². The highest BCUT2D eigenvalue weighted by molar-refractivity contribution is 5.17. The number of benzene rings is 1. The molecule has 0 radical (unpaired) electrons. The topological polar surface area (TPSA) is 39.9 Å². The van der Waals surface area contributed by atoms with E-state index >= 15 is 0 Å². The molecule has 4 heteroatoms. The maximum atomic E-state index is 5.63. The van der Waals surface area contributed by atoms with Crippen LogP contribution in [0.3, 0.4) is 0 Å². The molecule has 0 N–H and O–H groups in total. The summed E-state index contributed by atoms with van der Waals surface area (Å²) in [5, 5.41) is 4.09. The lowest BCUT2D eigenvalue weighted by atomic mass is 10.2. The Kier molecular flexibility index (Phi) is 3.09. The van der Waals surface area contributed by atoms with E-state index in [4.69, 9.17) is 4.74 Å². The maximum absolute atomic E-state index is 5.63. The summed E-state index contributed by atoms with van der Waals surface area (Å²) in [7, 11) is 0. The van der Waals surface area contributed by atoms with E-state index in [0.29, 0.717) is 6.61 Å². The van der Waals surface area contributed by atoms with Gasteiger partial charge in [-0.15, -0.1) is 0 Å². The third-order valence-electron chi connectivity index (χ3n) is 2.09. The lowest BCUT2D eigenvalue weighted by Gasteiger charge is -2.16. The highest BCUT2D eigenvalue weighted by Gasteiger charge is 2.12. The molecule has 0 saturated heterocycles. The molecule has 1 unspecified atom stereocenters. The van der Waals surface area contributed by atoms with E-state index in [9.17, 15) is 0 Å². The van der Waals surface area contributed by atoms with Gasteiger partial charge < -0.3 is 4.74 Å². The Morgan fingerprint density at radius 3 is 2.73 bits per heavy atom. The van der Waals surface area contributed by atoms with Crippen LogP contribution < -0.4 is 0 Å². The molecule has 2 rings (SSSR count). The summed E-state index contributed by atoms with van der Waals surface area (Å²) < 4.78 is 7.34. The molecule has 1 atom stereocenters. The molecule has 15 heavy (non-hydrogen) atoms. The Morgan fingerprint density at radius 2 is 2.13 bits per heavy atom. The van der Waals surface area contributed by atoms with Gasteiger partial charge in [0.15, 0.2) is 6.23 Å². The zero-order chi connectivity index (χ0) is 10.5. The van der Waals surface area contributed by atoms with Gasteiger partial charge in [-0.1, -0.05) is 30.3 Å². The maximum Gasteiger partial charge on any atom is 0.177 e. The van der Waals surface area contributed by atoms with Crippen molar-refractivity contribution in [3.8, 4) is 0 Å². The van der Waals surface area contributed by atoms with Crippen LogP contribution in [0.1, 0.15) is 18.7 Å². The van der Waals surface area contributed by atoms with Gasteiger partial charge in [0.25, 0.3) is 0 Å². The minimum Gasteiger partial charge on any atom is -0.352 e. The molecule has 0 aliphatic heterocycles. The van der Waals surface area contributed by atoms with Crippen LogP contribution in [0.2, 0.25) is 0 Å². The predicted octanol–water partition coefficient (Wildman–Crippen LogP) is 1.86. The smallest absolute Gasteiger partial charge is 0.177 e. The Hall–Kier alpha value is -1.68. The second-order valence-electron chi connectivity index (χ2n) is 3.09. The van der Waals surface area contributed by atoms with E-state index in [-0.39, 0.29) is 6.23 Å². The van der Waals surface area contributed by atoms with Crippen molar-refractivity contribution in [2.75, 3.05) is 6.61 Å². The average molecular weight is 203 g/mol. The van der Waals surface area contributed by atoms with Gasteiger partial charge in [-0.05, 0) is 6.92 Å². The first-order valence-corrected chi connectivity index (χ1v) is 4.92. The van der Waals surface area contributed by atoms with Crippen molar-refractivity contribution in [2.24, 2.45) is 0 Å². The van der Waals surface area contributed by atoms with Crippen molar-refractivity contribution < 1.29 is 4.74 Å². The van der Waals surface area contributed by atoms with Crippen LogP contribution in [0.4, 0.5) is 0 Å². The van der Waals surface area contributed by atoms with Crippen LogP contribution in [-0.2, 0) is 4.74 Å². The van der Waals surface area contributed by atoms with Gasteiger partial charge in [-0.25, -0.2) is 9.67 Å². The van der Waals surface area contributed by atoms with Crippen LogP contribution in [0.15, 0.2) is 43.0 Å². The normalized spacial score (nSPS) is 12.6. The highest BCUT2D eigenvalue weighted by atomic mass is 16.5. The predicted molar refractivity (Wildman–Crippen MR) is 56.2 cm³/mol. The van der Waals surface area contributed by atoms with E-state index in [0.717, 1.165) is 5.56 Å². The van der Waals surface area contributed by atoms with Crippen molar-refractivity contribution in [2.45, 2.75) is 13.2 Å². The molecule has 2 aromatic rings. The van der Waals surface area contributed by atoms with Crippen molar-refractivity contribution >= 4 is 0 Å². The van der Waals surface area contributed by atoms with Crippen molar-refractivity contribution in [1.82, 2.24) is 14.8 Å². The zero-order valence-electron chi connectivity index (χ0n) is 8.58. The summed E-state index contributed by atoms with van der Waals surface area (Å²) in [6, 6.07) is 9.98. The van der Waals surface area contributed by atoms with Gasteiger partial charge in [0.05, 0.1) is 0 Å².